The van der Waals surface area contributed by atoms with E-state index >= 15 is 0 Å². The molecule has 0 amide bonds. The lowest BCUT2D eigenvalue weighted by molar-refractivity contribution is 0.296. The first kappa shape index (κ1) is 14.5. The summed E-state index contributed by atoms with van der Waals surface area (Å²) >= 11 is 0. The van der Waals surface area contributed by atoms with Crippen LogP contribution in [0.2, 0.25) is 0 Å². The molecule has 3 nitrogen and oxygen atoms in total. The van der Waals surface area contributed by atoms with Crippen LogP contribution in [-0.2, 0) is 0 Å². The molecular formula is C17H22N2O. The van der Waals surface area contributed by atoms with Gasteiger partial charge >= 0.3 is 0 Å². The molecule has 1 atom stereocenters. The van der Waals surface area contributed by atoms with E-state index in [0.29, 0.717) is 18.4 Å². The fourth-order valence-electron chi connectivity index (χ4n) is 2.02. The summed E-state index contributed by atoms with van der Waals surface area (Å²) in [6.07, 6.45) is 2.73. The van der Waals surface area contributed by atoms with Gasteiger partial charge in [0.2, 0.25) is 5.88 Å². The molecule has 0 bridgehead atoms. The summed E-state index contributed by atoms with van der Waals surface area (Å²) in [5.41, 5.74) is 1.38. The summed E-state index contributed by atoms with van der Waals surface area (Å²) in [7, 11) is 0. The lowest BCUT2D eigenvalue weighted by Crippen LogP contribution is -2.22. The van der Waals surface area contributed by atoms with Crippen LogP contribution in [0.4, 0.5) is 0 Å². The first-order chi connectivity index (χ1) is 9.86. The van der Waals surface area contributed by atoms with E-state index in [-0.39, 0.29) is 0 Å². The van der Waals surface area contributed by atoms with Crippen molar-refractivity contribution in [1.29, 1.82) is 0 Å². The maximum Gasteiger partial charge on any atom is 0.213 e. The van der Waals surface area contributed by atoms with Gasteiger partial charge in [0.05, 0.1) is 6.61 Å². The normalized spacial score (nSPS) is 12.1. The summed E-state index contributed by atoms with van der Waals surface area (Å²) < 4.78 is 5.55. The minimum absolute atomic E-state index is 0.535. The smallest absolute Gasteiger partial charge is 0.213 e. The van der Waals surface area contributed by atoms with Gasteiger partial charge in [-0.1, -0.05) is 43.3 Å². The average Bonchev–Trinajstić information content (AvgIpc) is 2.52. The fraction of sp³-hybridized carbons (Fsp3) is 0.353. The van der Waals surface area contributed by atoms with Crippen molar-refractivity contribution in [2.75, 3.05) is 19.7 Å². The molecule has 0 saturated carbocycles. The van der Waals surface area contributed by atoms with Crippen LogP contribution in [0.1, 0.15) is 24.8 Å². The topological polar surface area (TPSA) is 34.1 Å². The molecular weight excluding hydrogens is 248 g/mol. The Kier molecular flexibility index (Phi) is 6.06. The number of nitrogens with one attached hydrogen (secondary N) is 1. The second kappa shape index (κ2) is 8.33. The Morgan fingerprint density at radius 2 is 1.90 bits per heavy atom. The molecule has 1 heterocycles. The maximum atomic E-state index is 5.55. The molecule has 106 valence electrons. The monoisotopic (exact) mass is 270 g/mol. The highest BCUT2D eigenvalue weighted by molar-refractivity contribution is 5.18. The highest BCUT2D eigenvalue weighted by Gasteiger charge is 2.03. The summed E-state index contributed by atoms with van der Waals surface area (Å²) in [4.78, 5) is 4.12. The standard InChI is InChI=1S/C17H22N2O/c1-15(16-8-3-2-4-9-16)14-18-11-7-13-20-17-10-5-6-12-19-17/h2-6,8-10,12,15,18H,7,11,13-14H2,1H3/t15-/m1/s1. The van der Waals surface area contributed by atoms with Gasteiger partial charge in [-0.2, -0.15) is 0 Å². The third-order valence-electron chi connectivity index (χ3n) is 3.20. The molecule has 1 N–H and O–H groups in total. The molecule has 0 saturated heterocycles. The number of rotatable bonds is 8. The Hall–Kier alpha value is -1.87. The van der Waals surface area contributed by atoms with Crippen molar-refractivity contribution in [1.82, 2.24) is 10.3 Å². The van der Waals surface area contributed by atoms with Crippen molar-refractivity contribution in [2.45, 2.75) is 19.3 Å². The lowest BCUT2D eigenvalue weighted by Gasteiger charge is -2.13. The van der Waals surface area contributed by atoms with Crippen LogP contribution in [0.25, 0.3) is 0 Å². The van der Waals surface area contributed by atoms with Gasteiger partial charge in [-0.15, -0.1) is 0 Å². The van der Waals surface area contributed by atoms with Gasteiger partial charge in [-0.3, -0.25) is 0 Å². The Morgan fingerprint density at radius 1 is 1.10 bits per heavy atom. The Morgan fingerprint density at radius 3 is 2.65 bits per heavy atom. The van der Waals surface area contributed by atoms with Crippen LogP contribution in [0.15, 0.2) is 54.7 Å². The number of hydrogen-bond acceptors (Lipinski definition) is 3. The fourth-order valence-corrected chi connectivity index (χ4v) is 2.02. The van der Waals surface area contributed by atoms with E-state index in [4.69, 9.17) is 4.74 Å². The lowest BCUT2D eigenvalue weighted by atomic mass is 10.0. The zero-order valence-electron chi connectivity index (χ0n) is 12.0. The Balaban J connectivity index is 1.56. The van der Waals surface area contributed by atoms with E-state index in [1.165, 1.54) is 5.56 Å². The molecule has 0 aliphatic heterocycles. The van der Waals surface area contributed by atoms with Crippen LogP contribution in [-0.4, -0.2) is 24.7 Å². The van der Waals surface area contributed by atoms with Gasteiger partial charge in [0.1, 0.15) is 0 Å². The van der Waals surface area contributed by atoms with Crippen LogP contribution in [0.3, 0.4) is 0 Å². The second-order valence-electron chi connectivity index (χ2n) is 4.89. The molecule has 1 aromatic heterocycles. The number of benzene rings is 1. The molecule has 0 radical (unpaired) electrons. The summed E-state index contributed by atoms with van der Waals surface area (Å²) in [5, 5.41) is 3.47. The summed E-state index contributed by atoms with van der Waals surface area (Å²) in [6, 6.07) is 16.3. The van der Waals surface area contributed by atoms with Crippen LogP contribution in [0.5, 0.6) is 5.88 Å². The van der Waals surface area contributed by atoms with E-state index < -0.39 is 0 Å². The second-order valence-corrected chi connectivity index (χ2v) is 4.89. The van der Waals surface area contributed by atoms with Gasteiger partial charge in [-0.05, 0) is 30.5 Å². The third kappa shape index (κ3) is 5.02. The zero-order valence-corrected chi connectivity index (χ0v) is 12.0. The van der Waals surface area contributed by atoms with Gasteiger partial charge in [0.15, 0.2) is 0 Å². The number of hydrogen-bond donors (Lipinski definition) is 1. The largest absolute Gasteiger partial charge is 0.478 e. The average molecular weight is 270 g/mol. The molecule has 2 rings (SSSR count). The van der Waals surface area contributed by atoms with E-state index in [9.17, 15) is 0 Å². The van der Waals surface area contributed by atoms with E-state index in [1.807, 2.05) is 18.2 Å². The minimum atomic E-state index is 0.535. The van der Waals surface area contributed by atoms with Gasteiger partial charge in [-0.25, -0.2) is 4.98 Å². The van der Waals surface area contributed by atoms with E-state index in [0.717, 1.165) is 19.5 Å². The van der Waals surface area contributed by atoms with Crippen LogP contribution >= 0.6 is 0 Å². The highest BCUT2D eigenvalue weighted by Crippen LogP contribution is 2.12. The van der Waals surface area contributed by atoms with Crippen molar-refractivity contribution in [3.05, 3.63) is 60.3 Å². The molecule has 0 fully saturated rings. The van der Waals surface area contributed by atoms with Crippen LogP contribution < -0.4 is 10.1 Å². The number of aromatic nitrogens is 1. The summed E-state index contributed by atoms with van der Waals surface area (Å²) in [5.74, 6) is 1.23. The first-order valence-corrected chi connectivity index (χ1v) is 7.16. The van der Waals surface area contributed by atoms with E-state index in [2.05, 4.69) is 47.6 Å². The molecule has 0 aliphatic carbocycles. The van der Waals surface area contributed by atoms with Gasteiger partial charge in [0, 0.05) is 18.8 Å². The zero-order chi connectivity index (χ0) is 14.0. The molecule has 0 unspecified atom stereocenters. The van der Waals surface area contributed by atoms with Crippen molar-refractivity contribution < 1.29 is 4.74 Å². The predicted molar refractivity (Wildman–Crippen MR) is 82.1 cm³/mol. The predicted octanol–water partition coefficient (Wildman–Crippen LogP) is 3.24. The maximum absolute atomic E-state index is 5.55. The van der Waals surface area contributed by atoms with Crippen molar-refractivity contribution in [3.8, 4) is 5.88 Å². The SMILES string of the molecule is C[C@H](CNCCCOc1ccccn1)c1ccccc1. The summed E-state index contributed by atoms with van der Waals surface area (Å²) in [6.45, 7) is 4.90. The first-order valence-electron chi connectivity index (χ1n) is 7.16. The van der Waals surface area contributed by atoms with Crippen molar-refractivity contribution in [3.63, 3.8) is 0 Å². The number of nitrogens with zero attached hydrogens (tertiary/aromatic N) is 1. The molecule has 20 heavy (non-hydrogen) atoms. The van der Waals surface area contributed by atoms with Crippen LogP contribution in [0, 0.1) is 0 Å². The molecule has 3 heteroatoms. The molecule has 1 aromatic carbocycles. The quantitative estimate of drug-likeness (QED) is 0.748. The van der Waals surface area contributed by atoms with Gasteiger partial charge in [0.25, 0.3) is 0 Å². The Bertz CT molecular complexity index is 473. The van der Waals surface area contributed by atoms with E-state index in [1.54, 1.807) is 6.20 Å². The molecule has 2 aromatic rings. The molecule has 0 spiro atoms. The third-order valence-corrected chi connectivity index (χ3v) is 3.20. The minimum Gasteiger partial charge on any atom is -0.478 e. The number of pyridine rings is 1. The Labute approximate surface area is 121 Å². The molecule has 0 aliphatic rings. The van der Waals surface area contributed by atoms with Crippen molar-refractivity contribution >= 4 is 0 Å². The number of ether oxygens (including phenoxy) is 1. The van der Waals surface area contributed by atoms with Crippen molar-refractivity contribution in [2.24, 2.45) is 0 Å². The highest BCUT2D eigenvalue weighted by atomic mass is 16.5. The van der Waals surface area contributed by atoms with Gasteiger partial charge < -0.3 is 10.1 Å².